The van der Waals surface area contributed by atoms with Gasteiger partial charge in [0.15, 0.2) is 0 Å². The number of fused-ring (bicyclic) bond motifs is 1. The number of rotatable bonds is 0. The zero-order chi connectivity index (χ0) is 9.26. The fourth-order valence-electron chi connectivity index (χ4n) is 1.46. The maximum atomic E-state index is 11.0. The van der Waals surface area contributed by atoms with Gasteiger partial charge in [0.05, 0.1) is 11.4 Å². The molecule has 2 rings (SSSR count). The van der Waals surface area contributed by atoms with Crippen molar-refractivity contribution in [2.24, 2.45) is 0 Å². The molecule has 68 valence electrons. The largest absolute Gasteiger partial charge is 0.382 e. The molecule has 0 spiro atoms. The number of benzene rings is 1. The van der Waals surface area contributed by atoms with E-state index in [-0.39, 0.29) is 0 Å². The maximum absolute atomic E-state index is 11.0. The first-order valence-electron chi connectivity index (χ1n) is 4.09. The second kappa shape index (κ2) is 3.26. The Morgan fingerprint density at radius 2 is 2.23 bits per heavy atom. The second-order valence-electron chi connectivity index (χ2n) is 2.85. The average Bonchev–Trinajstić information content (AvgIpc) is 2.17. The van der Waals surface area contributed by atoms with Gasteiger partial charge >= 0.3 is 5.37 Å². The molecule has 4 heteroatoms. The number of anilines is 2. The van der Waals surface area contributed by atoms with Gasteiger partial charge in [-0.05, 0) is 23.7 Å². The quantitative estimate of drug-likeness (QED) is 0.510. The van der Waals surface area contributed by atoms with E-state index in [4.69, 9.17) is 11.6 Å². The lowest BCUT2D eigenvalue weighted by atomic mass is 10.2. The Hall–Kier alpha value is -1.22. The van der Waals surface area contributed by atoms with Crippen molar-refractivity contribution in [2.75, 3.05) is 23.3 Å². The third-order valence-corrected chi connectivity index (χ3v) is 2.26. The lowest BCUT2D eigenvalue weighted by molar-refractivity contribution is 0.264. The summed E-state index contributed by atoms with van der Waals surface area (Å²) >= 11 is 5.44. The molecule has 0 saturated carbocycles. The van der Waals surface area contributed by atoms with Gasteiger partial charge in [-0.15, -0.1) is 0 Å². The van der Waals surface area contributed by atoms with E-state index in [9.17, 15) is 4.79 Å². The Kier molecular flexibility index (Phi) is 2.10. The number of nitrogens with one attached hydrogen (secondary N) is 1. The van der Waals surface area contributed by atoms with Crippen molar-refractivity contribution < 1.29 is 4.79 Å². The summed E-state index contributed by atoms with van der Waals surface area (Å²) in [5.74, 6) is 0. The highest BCUT2D eigenvalue weighted by molar-refractivity contribution is 6.66. The van der Waals surface area contributed by atoms with E-state index in [1.807, 2.05) is 24.3 Å². The molecule has 1 aliphatic rings. The van der Waals surface area contributed by atoms with E-state index in [0.717, 1.165) is 17.9 Å². The van der Waals surface area contributed by atoms with Crippen LogP contribution in [-0.4, -0.2) is 18.5 Å². The molecule has 1 N–H and O–H groups in total. The van der Waals surface area contributed by atoms with Crippen LogP contribution in [0, 0.1) is 0 Å². The molecule has 1 heterocycles. The van der Waals surface area contributed by atoms with Crippen LogP contribution in [0.5, 0.6) is 0 Å². The first-order chi connectivity index (χ1) is 6.29. The van der Waals surface area contributed by atoms with Crippen LogP contribution in [0.3, 0.4) is 0 Å². The summed E-state index contributed by atoms with van der Waals surface area (Å²) in [5.41, 5.74) is 1.82. The van der Waals surface area contributed by atoms with Gasteiger partial charge in [-0.25, -0.2) is 0 Å². The minimum Gasteiger partial charge on any atom is -0.382 e. The highest BCUT2D eigenvalue weighted by Gasteiger charge is 2.19. The van der Waals surface area contributed by atoms with Gasteiger partial charge in [0.2, 0.25) is 0 Å². The molecule has 0 unspecified atom stereocenters. The fraction of sp³-hybridized carbons (Fsp3) is 0.222. The molecule has 0 bridgehead atoms. The summed E-state index contributed by atoms with van der Waals surface area (Å²) in [7, 11) is 0. The lowest BCUT2D eigenvalue weighted by Gasteiger charge is -2.28. The number of hydrogen-bond donors (Lipinski definition) is 1. The first-order valence-corrected chi connectivity index (χ1v) is 4.47. The van der Waals surface area contributed by atoms with Gasteiger partial charge in [0.25, 0.3) is 0 Å². The number of para-hydroxylation sites is 2. The highest BCUT2D eigenvalue weighted by Crippen LogP contribution is 2.28. The minimum atomic E-state index is -0.422. The molecule has 0 aromatic heterocycles. The Morgan fingerprint density at radius 1 is 1.46 bits per heavy atom. The third kappa shape index (κ3) is 1.47. The molecular formula is C9H9ClN2O. The van der Waals surface area contributed by atoms with E-state index in [2.05, 4.69) is 5.32 Å². The number of halogens is 1. The molecule has 1 aromatic rings. The van der Waals surface area contributed by atoms with E-state index >= 15 is 0 Å². The number of carbonyl (C=O) groups is 1. The zero-order valence-electron chi connectivity index (χ0n) is 6.96. The van der Waals surface area contributed by atoms with Crippen LogP contribution in [0.25, 0.3) is 0 Å². The molecule has 3 nitrogen and oxygen atoms in total. The van der Waals surface area contributed by atoms with Crippen LogP contribution in [-0.2, 0) is 0 Å². The molecule has 0 saturated heterocycles. The molecular weight excluding hydrogens is 188 g/mol. The number of hydrogen-bond acceptors (Lipinski definition) is 2. The van der Waals surface area contributed by atoms with Crippen LogP contribution < -0.4 is 10.2 Å². The topological polar surface area (TPSA) is 32.3 Å². The van der Waals surface area contributed by atoms with Crippen LogP contribution in [0.1, 0.15) is 0 Å². The Morgan fingerprint density at radius 3 is 3.00 bits per heavy atom. The third-order valence-electron chi connectivity index (χ3n) is 2.06. The van der Waals surface area contributed by atoms with E-state index in [0.29, 0.717) is 6.54 Å². The van der Waals surface area contributed by atoms with Crippen molar-refractivity contribution in [1.82, 2.24) is 0 Å². The van der Waals surface area contributed by atoms with Crippen molar-refractivity contribution in [3.63, 3.8) is 0 Å². The summed E-state index contributed by atoms with van der Waals surface area (Å²) < 4.78 is 0. The van der Waals surface area contributed by atoms with Gasteiger partial charge in [0.1, 0.15) is 0 Å². The number of amides is 1. The Labute approximate surface area is 81.3 Å². The zero-order valence-corrected chi connectivity index (χ0v) is 7.71. The van der Waals surface area contributed by atoms with E-state index in [1.54, 1.807) is 4.90 Å². The minimum absolute atomic E-state index is 0.422. The second-order valence-corrected chi connectivity index (χ2v) is 3.17. The van der Waals surface area contributed by atoms with Gasteiger partial charge in [-0.1, -0.05) is 12.1 Å². The number of nitrogens with zero attached hydrogens (tertiary/aromatic N) is 1. The monoisotopic (exact) mass is 196 g/mol. The highest BCUT2D eigenvalue weighted by atomic mass is 35.5. The van der Waals surface area contributed by atoms with Crippen LogP contribution in [0.2, 0.25) is 0 Å². The van der Waals surface area contributed by atoms with Gasteiger partial charge < -0.3 is 5.32 Å². The summed E-state index contributed by atoms with van der Waals surface area (Å²) in [4.78, 5) is 12.6. The van der Waals surface area contributed by atoms with E-state index < -0.39 is 5.37 Å². The first kappa shape index (κ1) is 8.38. The summed E-state index contributed by atoms with van der Waals surface area (Å²) in [6.07, 6.45) is 0. The molecule has 0 radical (unpaired) electrons. The molecule has 13 heavy (non-hydrogen) atoms. The molecule has 1 aromatic carbocycles. The Bertz CT molecular complexity index is 340. The SMILES string of the molecule is O=C(Cl)N1CCNc2ccccc21. The van der Waals surface area contributed by atoms with Gasteiger partial charge in [-0.2, -0.15) is 0 Å². The van der Waals surface area contributed by atoms with Crippen molar-refractivity contribution in [2.45, 2.75) is 0 Å². The fourth-order valence-corrected chi connectivity index (χ4v) is 1.64. The Balaban J connectivity index is 2.42. The van der Waals surface area contributed by atoms with Crippen LogP contribution in [0.4, 0.5) is 16.2 Å². The summed E-state index contributed by atoms with van der Waals surface area (Å²) in [5, 5.41) is 2.77. The summed E-state index contributed by atoms with van der Waals surface area (Å²) in [6, 6.07) is 7.62. The average molecular weight is 197 g/mol. The summed E-state index contributed by atoms with van der Waals surface area (Å²) in [6.45, 7) is 1.37. The molecule has 0 fully saturated rings. The van der Waals surface area contributed by atoms with Gasteiger partial charge in [-0.3, -0.25) is 9.69 Å². The molecule has 0 aliphatic carbocycles. The predicted octanol–water partition coefficient (Wildman–Crippen LogP) is 2.28. The van der Waals surface area contributed by atoms with Crippen molar-refractivity contribution in [3.8, 4) is 0 Å². The van der Waals surface area contributed by atoms with Crippen LogP contribution in [0.15, 0.2) is 24.3 Å². The standard InChI is InChI=1S/C9H9ClN2O/c10-9(13)12-6-5-11-7-3-1-2-4-8(7)12/h1-4,11H,5-6H2. The van der Waals surface area contributed by atoms with E-state index in [1.165, 1.54) is 0 Å². The van der Waals surface area contributed by atoms with Crippen LogP contribution >= 0.6 is 11.6 Å². The van der Waals surface area contributed by atoms with Crippen molar-refractivity contribution in [3.05, 3.63) is 24.3 Å². The maximum Gasteiger partial charge on any atom is 0.320 e. The molecule has 1 aliphatic heterocycles. The van der Waals surface area contributed by atoms with Crippen molar-refractivity contribution >= 4 is 28.3 Å². The normalized spacial score (nSPS) is 14.7. The van der Waals surface area contributed by atoms with Gasteiger partial charge in [0, 0.05) is 13.1 Å². The molecule has 0 atom stereocenters. The smallest absolute Gasteiger partial charge is 0.320 e. The molecule has 1 amide bonds. The van der Waals surface area contributed by atoms with Crippen molar-refractivity contribution in [1.29, 1.82) is 0 Å². The predicted molar refractivity (Wildman–Crippen MR) is 53.5 cm³/mol. The lowest BCUT2D eigenvalue weighted by Crippen LogP contribution is -2.35. The number of carbonyl (C=O) groups excluding carboxylic acids is 1.